The molecule has 1 atom stereocenters. The third kappa shape index (κ3) is 4.32. The Hall–Kier alpha value is 0.470. The molecule has 0 heterocycles. The van der Waals surface area contributed by atoms with Crippen LogP contribution in [0, 0.1) is 5.92 Å². The maximum absolute atomic E-state index is 2.25. The highest BCUT2D eigenvalue weighted by Crippen LogP contribution is 2.02. The van der Waals surface area contributed by atoms with Crippen LogP contribution in [-0.4, -0.2) is 0 Å². The molecule has 0 aromatic heterocycles. The van der Waals surface area contributed by atoms with Gasteiger partial charge in [0.1, 0.15) is 0 Å². The zero-order valence-electron chi connectivity index (χ0n) is 4.82. The molecule has 0 aliphatic carbocycles. The maximum Gasteiger partial charge on any atom is -0.0257 e. The van der Waals surface area contributed by atoms with Gasteiger partial charge in [0.2, 0.25) is 0 Å². The molecule has 0 bridgehead atoms. The second kappa shape index (κ2) is 4.62. The Balaban J connectivity index is 3.16. The first-order chi connectivity index (χ1) is 3.31. The highest BCUT2D eigenvalue weighted by atomic mass is 127. The summed E-state index contributed by atoms with van der Waals surface area (Å²) in [5.74, 6) is 0.761. The molecule has 0 nitrogen and oxygen atoms in total. The van der Waals surface area contributed by atoms with Crippen molar-refractivity contribution in [3.05, 3.63) is 10.2 Å². The van der Waals surface area contributed by atoms with Crippen molar-refractivity contribution < 1.29 is 0 Å². The fourth-order valence-corrected chi connectivity index (χ4v) is 0.969. The van der Waals surface area contributed by atoms with Gasteiger partial charge in [-0.25, -0.2) is 0 Å². The summed E-state index contributed by atoms with van der Waals surface area (Å²) >= 11 is 2.25. The second-order valence-corrected chi connectivity index (χ2v) is 2.42. The number of hydrogen-bond donors (Lipinski definition) is 0. The molecule has 0 fully saturated rings. The predicted octanol–water partition coefficient (Wildman–Crippen LogP) is 2.98. The lowest BCUT2D eigenvalue weighted by molar-refractivity contribution is 0.700. The monoisotopic (exact) mass is 210 g/mol. The van der Waals surface area contributed by atoms with E-state index in [2.05, 4.69) is 46.6 Å². The highest BCUT2D eigenvalue weighted by molar-refractivity contribution is 14.1. The third-order valence-corrected chi connectivity index (χ3v) is 1.46. The van der Waals surface area contributed by atoms with Gasteiger partial charge in [0.05, 0.1) is 0 Å². The molecule has 0 N–H and O–H groups in total. The van der Waals surface area contributed by atoms with Crippen LogP contribution in [0.25, 0.3) is 0 Å². The fraction of sp³-hybridized carbons (Fsp3) is 0.667. The van der Waals surface area contributed by atoms with Gasteiger partial charge in [0.15, 0.2) is 0 Å². The molecule has 0 saturated carbocycles. The lowest BCUT2D eigenvalue weighted by Gasteiger charge is -1.95. The van der Waals surface area contributed by atoms with Crippen molar-refractivity contribution in [3.63, 3.8) is 0 Å². The first kappa shape index (κ1) is 7.47. The molecule has 0 aromatic rings. The van der Waals surface area contributed by atoms with Crippen LogP contribution in [0.5, 0.6) is 0 Å². The van der Waals surface area contributed by atoms with Gasteiger partial charge in [-0.2, -0.15) is 0 Å². The molecule has 0 amide bonds. The Morgan fingerprint density at radius 3 is 2.43 bits per heavy atom. The minimum atomic E-state index is 0.761. The van der Waals surface area contributed by atoms with E-state index in [1.807, 2.05) is 0 Å². The molecule has 0 aliphatic heterocycles. The van der Waals surface area contributed by atoms with E-state index < -0.39 is 0 Å². The average molecular weight is 210 g/mol. The van der Waals surface area contributed by atoms with Crippen LogP contribution in [0.2, 0.25) is 0 Å². The number of halogens is 1. The molecule has 0 aromatic carbocycles. The Kier molecular flexibility index (Phi) is 4.94. The summed E-state index contributed by atoms with van der Waals surface area (Å²) in [6.45, 7) is 4.41. The van der Waals surface area contributed by atoms with Gasteiger partial charge in [-0.3, -0.25) is 0 Å². The van der Waals surface area contributed by atoms with Crippen LogP contribution >= 0.6 is 22.6 Å². The summed E-state index contributed by atoms with van der Waals surface area (Å²) in [7, 11) is 0. The lowest BCUT2D eigenvalue weighted by atomic mass is 10.1. The van der Waals surface area contributed by atoms with Crippen LogP contribution in [0.4, 0.5) is 0 Å². The highest BCUT2D eigenvalue weighted by Gasteiger charge is 1.86. The van der Waals surface area contributed by atoms with Crippen molar-refractivity contribution in [3.8, 4) is 0 Å². The van der Waals surface area contributed by atoms with Gasteiger partial charge >= 0.3 is 0 Å². The Labute approximate surface area is 59.1 Å². The SMILES string of the molecule is CC[C@H](C)/C=C/I. The molecule has 0 aliphatic rings. The van der Waals surface area contributed by atoms with Crippen molar-refractivity contribution in [2.75, 3.05) is 0 Å². The molecule has 0 unspecified atom stereocenters. The predicted molar refractivity (Wildman–Crippen MR) is 42.6 cm³/mol. The standard InChI is InChI=1S/C6H11I/c1-3-6(2)4-5-7/h4-6H,3H2,1-2H3/b5-4+/t6-/m0/s1. The Morgan fingerprint density at radius 1 is 1.71 bits per heavy atom. The normalized spacial score (nSPS) is 15.3. The van der Waals surface area contributed by atoms with E-state index in [9.17, 15) is 0 Å². The second-order valence-electron chi connectivity index (χ2n) is 1.70. The topological polar surface area (TPSA) is 0 Å². The zero-order valence-corrected chi connectivity index (χ0v) is 6.97. The molecule has 42 valence electrons. The smallest absolute Gasteiger partial charge is 0.0257 e. The minimum Gasteiger partial charge on any atom is -0.0756 e. The fourth-order valence-electron chi connectivity index (χ4n) is 0.260. The van der Waals surface area contributed by atoms with Crippen LogP contribution in [0.3, 0.4) is 0 Å². The number of hydrogen-bond acceptors (Lipinski definition) is 0. The molecule has 0 radical (unpaired) electrons. The van der Waals surface area contributed by atoms with Gasteiger partial charge < -0.3 is 0 Å². The van der Waals surface area contributed by atoms with Crippen molar-refractivity contribution in [2.24, 2.45) is 5.92 Å². The molecule has 7 heavy (non-hydrogen) atoms. The first-order valence-corrected chi connectivity index (χ1v) is 3.82. The maximum atomic E-state index is 2.25. The summed E-state index contributed by atoms with van der Waals surface area (Å²) in [4.78, 5) is 0. The first-order valence-electron chi connectivity index (χ1n) is 2.58. The summed E-state index contributed by atoms with van der Waals surface area (Å²) in [5.41, 5.74) is 0. The van der Waals surface area contributed by atoms with Gasteiger partial charge in [-0.15, -0.1) is 0 Å². The van der Waals surface area contributed by atoms with Crippen molar-refractivity contribution in [2.45, 2.75) is 20.3 Å². The van der Waals surface area contributed by atoms with Gasteiger partial charge in [-0.1, -0.05) is 48.9 Å². The Morgan fingerprint density at radius 2 is 2.29 bits per heavy atom. The van der Waals surface area contributed by atoms with Crippen molar-refractivity contribution in [1.29, 1.82) is 0 Å². The van der Waals surface area contributed by atoms with Gasteiger partial charge in [-0.05, 0) is 10.0 Å². The van der Waals surface area contributed by atoms with Crippen LogP contribution in [0.15, 0.2) is 10.2 Å². The number of rotatable bonds is 2. The van der Waals surface area contributed by atoms with Crippen molar-refractivity contribution >= 4 is 22.6 Å². The summed E-state index contributed by atoms with van der Waals surface area (Å²) in [6.07, 6.45) is 3.46. The van der Waals surface area contributed by atoms with Gasteiger partial charge in [0, 0.05) is 0 Å². The third-order valence-electron chi connectivity index (χ3n) is 1.05. The van der Waals surface area contributed by atoms with E-state index in [0.717, 1.165) is 5.92 Å². The Bertz CT molecular complexity index is 57.2. The van der Waals surface area contributed by atoms with E-state index in [1.54, 1.807) is 0 Å². The van der Waals surface area contributed by atoms with Gasteiger partial charge in [0.25, 0.3) is 0 Å². The van der Waals surface area contributed by atoms with Crippen LogP contribution < -0.4 is 0 Å². The summed E-state index contributed by atoms with van der Waals surface area (Å²) in [5, 5.41) is 0. The van der Waals surface area contributed by atoms with E-state index in [0.29, 0.717) is 0 Å². The molecular formula is C6H11I. The van der Waals surface area contributed by atoms with Crippen molar-refractivity contribution in [1.82, 2.24) is 0 Å². The summed E-state index contributed by atoms with van der Waals surface area (Å²) < 4.78 is 2.08. The van der Waals surface area contributed by atoms with E-state index in [1.165, 1.54) is 6.42 Å². The quantitative estimate of drug-likeness (QED) is 0.614. The van der Waals surface area contributed by atoms with E-state index in [4.69, 9.17) is 0 Å². The van der Waals surface area contributed by atoms with E-state index in [-0.39, 0.29) is 0 Å². The summed E-state index contributed by atoms with van der Waals surface area (Å²) in [6, 6.07) is 0. The largest absolute Gasteiger partial charge is 0.0756 e. The van der Waals surface area contributed by atoms with Crippen LogP contribution in [0.1, 0.15) is 20.3 Å². The zero-order chi connectivity index (χ0) is 5.70. The van der Waals surface area contributed by atoms with E-state index >= 15 is 0 Å². The molecule has 0 rings (SSSR count). The minimum absolute atomic E-state index is 0.761. The lowest BCUT2D eigenvalue weighted by Crippen LogP contribution is -1.81. The molecule has 0 spiro atoms. The number of allylic oxidation sites excluding steroid dienone is 1. The molecule has 1 heteroatoms. The molecular weight excluding hydrogens is 199 g/mol. The molecule has 0 saturated heterocycles. The average Bonchev–Trinajstić information content (AvgIpc) is 1.68. The van der Waals surface area contributed by atoms with Crippen LogP contribution in [-0.2, 0) is 0 Å².